The molecule has 0 aromatic heterocycles. The second kappa shape index (κ2) is 39.4. The summed E-state index contributed by atoms with van der Waals surface area (Å²) >= 11 is 0. The van der Waals surface area contributed by atoms with Gasteiger partial charge in [0, 0.05) is 19.4 Å². The zero-order valence-electron chi connectivity index (χ0n) is 33.5. The molecular weight excluding hydrogens is 689 g/mol. The second-order valence-electron chi connectivity index (χ2n) is 13.5. The molecule has 53 heavy (non-hydrogen) atoms. The van der Waals surface area contributed by atoms with Gasteiger partial charge in [-0.15, -0.1) is 0 Å². The van der Waals surface area contributed by atoms with Crippen LogP contribution in [0.2, 0.25) is 0 Å². The van der Waals surface area contributed by atoms with E-state index in [4.69, 9.17) is 24.3 Å². The van der Waals surface area contributed by atoms with Crippen molar-refractivity contribution in [2.45, 2.75) is 174 Å². The molecule has 0 radical (unpaired) electrons. The quantitative estimate of drug-likeness (QED) is 0.0272. The SMILES string of the molecule is CCCCC/C=C/C/C=C/C/C=C/C/C=C/C/C=C/CCC(=O)OC[C@@H](COP(=O)(O)OCCN)OC(=O)CCCCCCCCCCCCCCC. The molecule has 1 unspecified atom stereocenters. The van der Waals surface area contributed by atoms with Crippen LogP contribution in [0.1, 0.15) is 168 Å². The molecule has 3 N–H and O–H groups in total. The summed E-state index contributed by atoms with van der Waals surface area (Å²) < 4.78 is 32.6. The molecule has 0 aliphatic heterocycles. The van der Waals surface area contributed by atoms with E-state index in [9.17, 15) is 19.0 Å². The number of ether oxygens (including phenoxy) is 2. The number of phosphoric ester groups is 1. The third-order valence-electron chi connectivity index (χ3n) is 8.42. The van der Waals surface area contributed by atoms with Crippen molar-refractivity contribution in [2.24, 2.45) is 5.73 Å². The molecule has 10 heteroatoms. The van der Waals surface area contributed by atoms with E-state index < -0.39 is 32.5 Å². The van der Waals surface area contributed by atoms with Gasteiger partial charge in [0.1, 0.15) is 6.61 Å². The topological polar surface area (TPSA) is 134 Å². The first-order valence-corrected chi connectivity index (χ1v) is 22.3. The molecule has 0 fully saturated rings. The fraction of sp³-hybridized carbons (Fsp3) is 0.721. The maximum absolute atomic E-state index is 12.5. The summed E-state index contributed by atoms with van der Waals surface area (Å²) in [5.74, 6) is -0.926. The number of phosphoric acid groups is 1. The lowest BCUT2D eigenvalue weighted by Crippen LogP contribution is -2.29. The lowest BCUT2D eigenvalue weighted by Gasteiger charge is -2.19. The van der Waals surface area contributed by atoms with Crippen LogP contribution < -0.4 is 5.73 Å². The second-order valence-corrected chi connectivity index (χ2v) is 15.0. The Hall–Kier alpha value is -2.29. The smallest absolute Gasteiger partial charge is 0.462 e. The van der Waals surface area contributed by atoms with Gasteiger partial charge in [0.15, 0.2) is 6.10 Å². The molecule has 0 rings (SSSR count). The maximum atomic E-state index is 12.5. The molecule has 0 aromatic rings. The fourth-order valence-corrected chi connectivity index (χ4v) is 6.09. The number of carbonyl (C=O) groups is 2. The number of unbranched alkanes of at least 4 members (excludes halogenated alkanes) is 15. The number of hydrogen-bond acceptors (Lipinski definition) is 8. The normalized spacial score (nSPS) is 14.0. The summed E-state index contributed by atoms with van der Waals surface area (Å²) in [6, 6.07) is 0. The number of esters is 2. The van der Waals surface area contributed by atoms with Crippen LogP contribution in [0, 0.1) is 0 Å². The fourth-order valence-electron chi connectivity index (χ4n) is 5.32. The Bertz CT molecular complexity index is 1050. The Kier molecular flexibility index (Phi) is 37.7. The third-order valence-corrected chi connectivity index (χ3v) is 9.40. The van der Waals surface area contributed by atoms with E-state index in [-0.39, 0.29) is 32.6 Å². The van der Waals surface area contributed by atoms with Gasteiger partial charge in [0.25, 0.3) is 0 Å². The molecular formula is C43H76NO8P. The van der Waals surface area contributed by atoms with Crippen molar-refractivity contribution in [3.63, 3.8) is 0 Å². The molecule has 0 amide bonds. The molecule has 2 atom stereocenters. The first kappa shape index (κ1) is 50.7. The molecule has 306 valence electrons. The maximum Gasteiger partial charge on any atom is 0.472 e. The monoisotopic (exact) mass is 766 g/mol. The van der Waals surface area contributed by atoms with Crippen LogP contribution in [0.25, 0.3) is 0 Å². The zero-order valence-corrected chi connectivity index (χ0v) is 34.4. The van der Waals surface area contributed by atoms with Crippen LogP contribution >= 0.6 is 7.82 Å². The Morgan fingerprint density at radius 1 is 0.566 bits per heavy atom. The van der Waals surface area contributed by atoms with Crippen LogP contribution in [-0.2, 0) is 32.7 Å². The zero-order chi connectivity index (χ0) is 38.9. The Morgan fingerprint density at radius 2 is 1.02 bits per heavy atom. The average Bonchev–Trinajstić information content (AvgIpc) is 3.14. The Balaban J connectivity index is 4.30. The van der Waals surface area contributed by atoms with Crippen LogP contribution in [-0.4, -0.2) is 49.3 Å². The molecule has 0 aromatic carbocycles. The first-order valence-electron chi connectivity index (χ1n) is 20.8. The van der Waals surface area contributed by atoms with Crippen molar-refractivity contribution < 1.29 is 37.6 Å². The highest BCUT2D eigenvalue weighted by molar-refractivity contribution is 7.47. The van der Waals surface area contributed by atoms with E-state index in [1.807, 2.05) is 12.2 Å². The molecule has 0 heterocycles. The van der Waals surface area contributed by atoms with Gasteiger partial charge >= 0.3 is 19.8 Å². The van der Waals surface area contributed by atoms with Gasteiger partial charge in [-0.3, -0.25) is 18.6 Å². The summed E-state index contributed by atoms with van der Waals surface area (Å²) in [5.41, 5.74) is 5.33. The van der Waals surface area contributed by atoms with Crippen LogP contribution in [0.4, 0.5) is 0 Å². The van der Waals surface area contributed by atoms with Crippen molar-refractivity contribution >= 4 is 19.8 Å². The van der Waals surface area contributed by atoms with E-state index in [0.29, 0.717) is 12.8 Å². The van der Waals surface area contributed by atoms with E-state index in [2.05, 4.69) is 62.5 Å². The minimum absolute atomic E-state index is 0.0427. The molecule has 0 aliphatic rings. The first-order chi connectivity index (χ1) is 25.8. The van der Waals surface area contributed by atoms with Crippen molar-refractivity contribution in [2.75, 3.05) is 26.4 Å². The summed E-state index contributed by atoms with van der Waals surface area (Å²) in [4.78, 5) is 34.7. The number of hydrogen-bond donors (Lipinski definition) is 2. The van der Waals surface area contributed by atoms with Gasteiger partial charge in [-0.05, 0) is 51.4 Å². The minimum atomic E-state index is -4.39. The highest BCUT2D eigenvalue weighted by Crippen LogP contribution is 2.43. The highest BCUT2D eigenvalue weighted by atomic mass is 31.2. The molecule has 0 aliphatic carbocycles. The molecule has 9 nitrogen and oxygen atoms in total. The number of nitrogens with two attached hydrogens (primary N) is 1. The average molecular weight is 766 g/mol. The van der Waals surface area contributed by atoms with Crippen molar-refractivity contribution in [3.05, 3.63) is 60.8 Å². The molecule has 0 spiro atoms. The van der Waals surface area contributed by atoms with Crippen molar-refractivity contribution in [3.8, 4) is 0 Å². The van der Waals surface area contributed by atoms with Gasteiger partial charge in [0.2, 0.25) is 0 Å². The number of allylic oxidation sites excluding steroid dienone is 10. The Labute approximate surface area is 323 Å². The molecule has 0 saturated carbocycles. The predicted molar refractivity (Wildman–Crippen MR) is 219 cm³/mol. The lowest BCUT2D eigenvalue weighted by molar-refractivity contribution is -0.161. The summed E-state index contributed by atoms with van der Waals surface area (Å²) in [6.07, 6.45) is 45.5. The van der Waals surface area contributed by atoms with Crippen molar-refractivity contribution in [1.29, 1.82) is 0 Å². The highest BCUT2D eigenvalue weighted by Gasteiger charge is 2.25. The predicted octanol–water partition coefficient (Wildman–Crippen LogP) is 11.7. The minimum Gasteiger partial charge on any atom is -0.462 e. The number of rotatable bonds is 38. The van der Waals surface area contributed by atoms with Gasteiger partial charge in [-0.25, -0.2) is 4.57 Å². The van der Waals surface area contributed by atoms with E-state index in [0.717, 1.165) is 44.9 Å². The van der Waals surface area contributed by atoms with Crippen LogP contribution in [0.5, 0.6) is 0 Å². The van der Waals surface area contributed by atoms with Gasteiger partial charge in [0.05, 0.1) is 13.2 Å². The van der Waals surface area contributed by atoms with Crippen molar-refractivity contribution in [1.82, 2.24) is 0 Å². The lowest BCUT2D eigenvalue weighted by atomic mass is 10.0. The summed E-state index contributed by atoms with van der Waals surface area (Å²) in [7, 11) is -4.39. The van der Waals surface area contributed by atoms with E-state index >= 15 is 0 Å². The van der Waals surface area contributed by atoms with Gasteiger partial charge < -0.3 is 20.1 Å². The van der Waals surface area contributed by atoms with Crippen LogP contribution in [0.15, 0.2) is 60.8 Å². The van der Waals surface area contributed by atoms with Gasteiger partial charge in [-0.1, -0.05) is 164 Å². The Morgan fingerprint density at radius 3 is 1.53 bits per heavy atom. The van der Waals surface area contributed by atoms with E-state index in [1.165, 1.54) is 83.5 Å². The standard InChI is InChI=1S/C43H76NO8P/c1-3-5-7-9-11-13-15-17-18-19-20-21-22-24-25-27-29-31-33-35-42(45)49-39-41(40-51-53(47,48)50-38-37-44)52-43(46)36-34-32-30-28-26-23-16-14-12-10-8-6-4-2/h11,13,17-18,20-21,24-25,29,31,41H,3-10,12,14-16,19,22-23,26-28,30,32-40,44H2,1-2H3,(H,47,48)/b13-11+,18-17+,21-20+,25-24+,31-29+/t41-/m0/s1. The summed E-state index contributed by atoms with van der Waals surface area (Å²) in [6.45, 7) is 3.61. The molecule has 0 bridgehead atoms. The van der Waals surface area contributed by atoms with Crippen LogP contribution in [0.3, 0.4) is 0 Å². The summed E-state index contributed by atoms with van der Waals surface area (Å²) in [5, 5.41) is 0. The third kappa shape index (κ3) is 39.2. The molecule has 0 saturated heterocycles. The van der Waals surface area contributed by atoms with E-state index in [1.54, 1.807) is 0 Å². The largest absolute Gasteiger partial charge is 0.472 e. The van der Waals surface area contributed by atoms with Gasteiger partial charge in [-0.2, -0.15) is 0 Å². The number of carbonyl (C=O) groups excluding carboxylic acids is 2.